The molecular formula is C23H29N3O4S. The molecule has 4 rings (SSSR count). The van der Waals surface area contributed by atoms with Gasteiger partial charge in [0.2, 0.25) is 10.0 Å². The Hall–Kier alpha value is -2.21. The summed E-state index contributed by atoms with van der Waals surface area (Å²) in [5.74, 6) is 0.0913. The van der Waals surface area contributed by atoms with E-state index in [1.165, 1.54) is 11.4 Å². The Morgan fingerprint density at radius 2 is 2.03 bits per heavy atom. The van der Waals surface area contributed by atoms with Crippen LogP contribution in [-0.4, -0.2) is 57.7 Å². The highest BCUT2D eigenvalue weighted by molar-refractivity contribution is 7.89. The number of benzene rings is 1. The van der Waals surface area contributed by atoms with Crippen molar-refractivity contribution in [1.29, 1.82) is 5.26 Å². The monoisotopic (exact) mass is 443 g/mol. The molecule has 0 radical (unpaired) electrons. The minimum atomic E-state index is -3.61. The fraction of sp³-hybridized carbons (Fsp3) is 0.565. The Kier molecular flexibility index (Phi) is 5.95. The van der Waals surface area contributed by atoms with Crippen molar-refractivity contribution in [1.82, 2.24) is 9.62 Å². The number of fused-ring (bicyclic) bond motifs is 1. The van der Waals surface area contributed by atoms with E-state index in [4.69, 9.17) is 10.00 Å². The molecule has 7 nitrogen and oxygen atoms in total. The molecule has 0 aromatic heterocycles. The molecule has 0 bridgehead atoms. The number of esters is 1. The van der Waals surface area contributed by atoms with Crippen LogP contribution in [0.2, 0.25) is 0 Å². The maximum absolute atomic E-state index is 13.3. The predicted molar refractivity (Wildman–Crippen MR) is 117 cm³/mol. The minimum absolute atomic E-state index is 0.182. The summed E-state index contributed by atoms with van der Waals surface area (Å²) in [6.07, 6.45) is 3.69. The van der Waals surface area contributed by atoms with Crippen LogP contribution in [-0.2, 0) is 19.6 Å². The van der Waals surface area contributed by atoms with E-state index in [0.717, 1.165) is 29.8 Å². The Morgan fingerprint density at radius 1 is 1.32 bits per heavy atom. The highest BCUT2D eigenvalue weighted by Gasteiger charge is 2.55. The topological polar surface area (TPSA) is 99.5 Å². The first-order valence-electron chi connectivity index (χ1n) is 10.7. The van der Waals surface area contributed by atoms with Crippen LogP contribution in [0.5, 0.6) is 0 Å². The van der Waals surface area contributed by atoms with E-state index in [0.29, 0.717) is 49.8 Å². The van der Waals surface area contributed by atoms with Gasteiger partial charge in [-0.05, 0) is 79.9 Å². The summed E-state index contributed by atoms with van der Waals surface area (Å²) in [6.45, 7) is 4.32. The number of carbonyl (C=O) groups excluding carboxylic acids is 1. The average Bonchev–Trinajstić information content (AvgIpc) is 3.32. The van der Waals surface area contributed by atoms with Crippen LogP contribution >= 0.6 is 0 Å². The summed E-state index contributed by atoms with van der Waals surface area (Å²) in [4.78, 5) is 12.7. The van der Waals surface area contributed by atoms with E-state index in [1.807, 2.05) is 25.1 Å². The summed E-state index contributed by atoms with van der Waals surface area (Å²) in [5, 5.41) is 12.4. The number of hydrogen-bond acceptors (Lipinski definition) is 6. The quantitative estimate of drug-likeness (QED) is 0.700. The molecule has 2 atom stereocenters. The highest BCUT2D eigenvalue weighted by atomic mass is 32.2. The molecule has 1 N–H and O–H groups in total. The normalized spacial score (nSPS) is 25.5. The van der Waals surface area contributed by atoms with E-state index in [2.05, 4.69) is 11.4 Å². The number of ether oxygens (including phenoxy) is 1. The van der Waals surface area contributed by atoms with E-state index in [1.54, 1.807) is 6.07 Å². The molecular weight excluding hydrogens is 414 g/mol. The van der Waals surface area contributed by atoms with Gasteiger partial charge in [0, 0.05) is 13.1 Å². The second-order valence-corrected chi connectivity index (χ2v) is 11.1. The fourth-order valence-corrected chi connectivity index (χ4v) is 7.50. The van der Waals surface area contributed by atoms with Gasteiger partial charge in [0.1, 0.15) is 0 Å². The lowest BCUT2D eigenvalue weighted by Crippen LogP contribution is -2.45. The summed E-state index contributed by atoms with van der Waals surface area (Å²) < 4.78 is 33.2. The number of nitrogens with zero attached hydrogens (tertiary/aromatic N) is 2. The molecule has 2 fully saturated rings. The molecule has 1 aromatic rings. The van der Waals surface area contributed by atoms with Crippen molar-refractivity contribution in [3.8, 4) is 6.07 Å². The standard InChI is InChI=1S/C23H29N3O4S/c1-16-9-17(12-24)3-4-21(16)18-5-7-26(8-6-18)31(28,29)15-23(22(27)30-2)10-19-13-25-14-20(19)11-23/h3-5,9,19-20,25H,6-8,10-11,13-15H2,1-2H3/t19-,20-/m1/s1. The first-order valence-corrected chi connectivity index (χ1v) is 12.4. The van der Waals surface area contributed by atoms with Crippen LogP contribution in [0.25, 0.3) is 5.57 Å². The van der Waals surface area contributed by atoms with Crippen molar-refractivity contribution in [3.63, 3.8) is 0 Å². The number of hydrogen-bond donors (Lipinski definition) is 1. The third-order valence-corrected chi connectivity index (χ3v) is 9.17. The van der Waals surface area contributed by atoms with Crippen molar-refractivity contribution in [2.45, 2.75) is 26.2 Å². The van der Waals surface area contributed by atoms with E-state index in [-0.39, 0.29) is 5.75 Å². The van der Waals surface area contributed by atoms with Gasteiger partial charge in [0.25, 0.3) is 0 Å². The van der Waals surface area contributed by atoms with Gasteiger partial charge in [0.15, 0.2) is 0 Å². The number of rotatable bonds is 5. The summed E-state index contributed by atoms with van der Waals surface area (Å²) in [5.41, 5.74) is 2.83. The van der Waals surface area contributed by atoms with Crippen molar-refractivity contribution in [2.75, 3.05) is 39.0 Å². The maximum Gasteiger partial charge on any atom is 0.312 e. The van der Waals surface area contributed by atoms with Gasteiger partial charge in [-0.15, -0.1) is 0 Å². The summed E-state index contributed by atoms with van der Waals surface area (Å²) in [7, 11) is -2.27. The van der Waals surface area contributed by atoms with Gasteiger partial charge in [-0.25, -0.2) is 8.42 Å². The van der Waals surface area contributed by atoms with E-state index in [9.17, 15) is 13.2 Å². The second-order valence-electron chi connectivity index (χ2n) is 9.09. The molecule has 1 aromatic carbocycles. The lowest BCUT2D eigenvalue weighted by atomic mass is 9.87. The largest absolute Gasteiger partial charge is 0.469 e. The summed E-state index contributed by atoms with van der Waals surface area (Å²) in [6, 6.07) is 7.72. The molecule has 2 heterocycles. The molecule has 2 aliphatic heterocycles. The van der Waals surface area contributed by atoms with Crippen LogP contribution < -0.4 is 5.32 Å². The number of nitrogens with one attached hydrogen (secondary N) is 1. The average molecular weight is 444 g/mol. The zero-order valence-corrected chi connectivity index (χ0v) is 18.9. The summed E-state index contributed by atoms with van der Waals surface area (Å²) >= 11 is 0. The molecule has 3 aliphatic rings. The first kappa shape index (κ1) is 22.0. The Balaban J connectivity index is 1.51. The Bertz CT molecular complexity index is 1050. The van der Waals surface area contributed by atoms with E-state index < -0.39 is 21.4 Å². The lowest BCUT2D eigenvalue weighted by Gasteiger charge is -2.32. The zero-order valence-electron chi connectivity index (χ0n) is 18.1. The van der Waals surface area contributed by atoms with Crippen LogP contribution in [0, 0.1) is 35.5 Å². The van der Waals surface area contributed by atoms with Gasteiger partial charge < -0.3 is 10.1 Å². The van der Waals surface area contributed by atoms with Crippen molar-refractivity contribution < 1.29 is 17.9 Å². The van der Waals surface area contributed by atoms with Crippen molar-refractivity contribution >= 4 is 21.6 Å². The molecule has 0 unspecified atom stereocenters. The molecule has 0 spiro atoms. The second kappa shape index (κ2) is 8.38. The molecule has 0 amide bonds. The molecule has 8 heteroatoms. The molecule has 1 aliphatic carbocycles. The SMILES string of the molecule is COC(=O)C1(CS(=O)(=O)N2CC=C(c3ccc(C#N)cc3C)CC2)C[C@@H]2CNC[C@H]2C1. The molecule has 1 saturated heterocycles. The number of sulfonamides is 1. The smallest absolute Gasteiger partial charge is 0.312 e. The zero-order chi connectivity index (χ0) is 22.2. The van der Waals surface area contributed by atoms with Crippen LogP contribution in [0.1, 0.15) is 36.0 Å². The van der Waals surface area contributed by atoms with Gasteiger partial charge in [-0.2, -0.15) is 9.57 Å². The van der Waals surface area contributed by atoms with Gasteiger partial charge in [-0.1, -0.05) is 12.1 Å². The Labute approximate surface area is 184 Å². The number of nitriles is 1. The van der Waals surface area contributed by atoms with Gasteiger partial charge in [-0.3, -0.25) is 4.79 Å². The molecule has 1 saturated carbocycles. The third kappa shape index (κ3) is 4.14. The Morgan fingerprint density at radius 3 is 2.58 bits per heavy atom. The van der Waals surface area contributed by atoms with Crippen LogP contribution in [0.4, 0.5) is 0 Å². The number of methoxy groups -OCH3 is 1. The maximum atomic E-state index is 13.3. The van der Waals surface area contributed by atoms with E-state index >= 15 is 0 Å². The minimum Gasteiger partial charge on any atom is -0.469 e. The molecule has 166 valence electrons. The van der Waals surface area contributed by atoms with Gasteiger partial charge >= 0.3 is 5.97 Å². The third-order valence-electron chi connectivity index (χ3n) is 7.13. The van der Waals surface area contributed by atoms with Crippen molar-refractivity contribution in [2.24, 2.45) is 17.3 Å². The number of carbonyl (C=O) groups is 1. The highest BCUT2D eigenvalue weighted by Crippen LogP contribution is 2.49. The first-order chi connectivity index (χ1) is 14.8. The predicted octanol–water partition coefficient (Wildman–Crippen LogP) is 2.07. The lowest BCUT2D eigenvalue weighted by molar-refractivity contribution is -0.151. The van der Waals surface area contributed by atoms with Crippen molar-refractivity contribution in [3.05, 3.63) is 41.0 Å². The van der Waals surface area contributed by atoms with Gasteiger partial charge in [0.05, 0.1) is 29.9 Å². The van der Waals surface area contributed by atoms with Crippen LogP contribution in [0.15, 0.2) is 24.3 Å². The number of aryl methyl sites for hydroxylation is 1. The van der Waals surface area contributed by atoms with Crippen LogP contribution in [0.3, 0.4) is 0 Å². The fourth-order valence-electron chi connectivity index (χ4n) is 5.59. The molecule has 31 heavy (non-hydrogen) atoms.